The minimum absolute atomic E-state index is 0.124. The van der Waals surface area contributed by atoms with E-state index in [1.165, 1.54) is 103 Å². The molecule has 0 radical (unpaired) electrons. The molecule has 0 aromatic carbocycles. The van der Waals surface area contributed by atoms with Crippen LogP contribution in [-0.4, -0.2) is 37.2 Å². The third-order valence-electron chi connectivity index (χ3n) is 12.1. The number of carbonyl (C=O) groups is 3. The fourth-order valence-corrected chi connectivity index (χ4v) is 7.68. The zero-order valence-electron chi connectivity index (χ0n) is 47.1. The highest BCUT2D eigenvalue weighted by atomic mass is 16.6. The third-order valence-corrected chi connectivity index (χ3v) is 12.1. The van der Waals surface area contributed by atoms with E-state index in [4.69, 9.17) is 14.2 Å². The second-order valence-electron chi connectivity index (χ2n) is 19.2. The summed E-state index contributed by atoms with van der Waals surface area (Å²) in [5.41, 5.74) is 0. The number of hydrogen-bond acceptors (Lipinski definition) is 6. The first-order chi connectivity index (χ1) is 36.0. The average molecular weight is 1010 g/mol. The maximum absolute atomic E-state index is 12.9. The van der Waals surface area contributed by atoms with Crippen molar-refractivity contribution in [2.75, 3.05) is 13.2 Å². The van der Waals surface area contributed by atoms with Crippen LogP contribution in [0.1, 0.15) is 252 Å². The number of hydrogen-bond donors (Lipinski definition) is 0. The monoisotopic (exact) mass is 1010 g/mol. The molecule has 0 heterocycles. The number of allylic oxidation sites excluding steroid dienone is 22. The molecule has 0 aliphatic carbocycles. The van der Waals surface area contributed by atoms with Crippen molar-refractivity contribution >= 4 is 17.9 Å². The SMILES string of the molecule is CC/C=C\C/C=C\C/C=C\C/C=C\C/C=C\C/C=C\CCC(=O)OC[C@H](COC(=O)CCCCC/C=C\C/C=C\C/C=C\C/C=C\CCCCC)OC(=O)CCCCCCCCC/C=C\CCCCCCCC. The van der Waals surface area contributed by atoms with E-state index in [1.54, 1.807) is 0 Å². The van der Waals surface area contributed by atoms with Crippen LogP contribution in [-0.2, 0) is 28.6 Å². The van der Waals surface area contributed by atoms with Gasteiger partial charge in [0.25, 0.3) is 0 Å². The minimum atomic E-state index is -0.830. The molecule has 0 unspecified atom stereocenters. The quantitative estimate of drug-likeness (QED) is 0.0261. The number of ether oxygens (including phenoxy) is 3. The van der Waals surface area contributed by atoms with E-state index in [9.17, 15) is 14.4 Å². The molecule has 0 saturated heterocycles. The lowest BCUT2D eigenvalue weighted by Crippen LogP contribution is -2.30. The third kappa shape index (κ3) is 58.3. The summed E-state index contributed by atoms with van der Waals surface area (Å²) < 4.78 is 16.8. The summed E-state index contributed by atoms with van der Waals surface area (Å²) in [7, 11) is 0. The van der Waals surface area contributed by atoms with Gasteiger partial charge >= 0.3 is 17.9 Å². The Morgan fingerprint density at radius 2 is 0.562 bits per heavy atom. The van der Waals surface area contributed by atoms with E-state index in [0.29, 0.717) is 19.3 Å². The van der Waals surface area contributed by atoms with Crippen LogP contribution in [0.2, 0.25) is 0 Å². The predicted octanol–water partition coefficient (Wildman–Crippen LogP) is 20.2. The second kappa shape index (κ2) is 60.1. The van der Waals surface area contributed by atoms with Gasteiger partial charge in [-0.1, -0.05) is 238 Å². The van der Waals surface area contributed by atoms with Crippen molar-refractivity contribution in [3.05, 3.63) is 134 Å². The van der Waals surface area contributed by atoms with Crippen molar-refractivity contribution in [3.63, 3.8) is 0 Å². The maximum Gasteiger partial charge on any atom is 0.306 e. The zero-order chi connectivity index (χ0) is 52.9. The van der Waals surface area contributed by atoms with Gasteiger partial charge in [-0.2, -0.15) is 0 Å². The molecule has 6 nitrogen and oxygen atoms in total. The Hall–Kier alpha value is -4.45. The molecule has 0 rings (SSSR count). The van der Waals surface area contributed by atoms with Crippen LogP contribution < -0.4 is 0 Å². The minimum Gasteiger partial charge on any atom is -0.462 e. The lowest BCUT2D eigenvalue weighted by Gasteiger charge is -2.18. The molecular weight excluding hydrogens is 901 g/mol. The van der Waals surface area contributed by atoms with Gasteiger partial charge in [0, 0.05) is 19.3 Å². The van der Waals surface area contributed by atoms with Crippen molar-refractivity contribution < 1.29 is 28.6 Å². The molecule has 0 aliphatic rings. The molecule has 73 heavy (non-hydrogen) atoms. The smallest absolute Gasteiger partial charge is 0.306 e. The van der Waals surface area contributed by atoms with E-state index in [1.807, 2.05) is 6.08 Å². The van der Waals surface area contributed by atoms with Gasteiger partial charge in [0.2, 0.25) is 0 Å². The molecule has 0 N–H and O–H groups in total. The summed E-state index contributed by atoms with van der Waals surface area (Å²) in [6.07, 6.45) is 84.5. The summed E-state index contributed by atoms with van der Waals surface area (Å²) in [5.74, 6) is -1.04. The van der Waals surface area contributed by atoms with Gasteiger partial charge in [0.15, 0.2) is 6.10 Å². The van der Waals surface area contributed by atoms with Gasteiger partial charge in [-0.15, -0.1) is 0 Å². The standard InChI is InChI=1S/C67H108O6/c1-4-7-10-13-16-19-22-25-28-31-33-36-38-41-44-47-50-53-56-59-65(68)71-62-64(73-67(70)61-58-55-52-49-46-43-40-35-30-27-24-21-18-15-12-9-6-3)63-72-66(69)60-57-54-51-48-45-42-39-37-34-32-29-26-23-20-17-14-11-8-5-2/h7,10,16-17,19-20,25-30,33-34,36-37,41-42,44-45,50,53,64H,4-6,8-9,11-15,18,21-24,31-32,35,38-40,43,46-49,51-52,54-63H2,1-3H3/b10-7-,19-16-,20-17-,28-25-,29-26-,30-27-,36-33-,37-34-,44-41-,45-42-,53-50-/t64-/m1/s1. The first-order valence-corrected chi connectivity index (χ1v) is 29.7. The van der Waals surface area contributed by atoms with Crippen LogP contribution in [0.25, 0.3) is 0 Å². The van der Waals surface area contributed by atoms with Crippen LogP contribution in [0.15, 0.2) is 134 Å². The van der Waals surface area contributed by atoms with Crippen LogP contribution in [0.5, 0.6) is 0 Å². The molecule has 1 atom stereocenters. The molecule has 0 saturated carbocycles. The van der Waals surface area contributed by atoms with Crippen LogP contribution in [0, 0.1) is 0 Å². The first kappa shape index (κ1) is 68.6. The number of rotatable bonds is 52. The zero-order valence-corrected chi connectivity index (χ0v) is 47.1. The molecule has 0 aromatic heterocycles. The normalized spacial score (nSPS) is 13.1. The van der Waals surface area contributed by atoms with Crippen molar-refractivity contribution in [1.29, 1.82) is 0 Å². The van der Waals surface area contributed by atoms with Gasteiger partial charge in [-0.3, -0.25) is 14.4 Å². The summed E-state index contributed by atoms with van der Waals surface area (Å²) in [4.78, 5) is 38.2. The summed E-state index contributed by atoms with van der Waals surface area (Å²) in [5, 5.41) is 0. The van der Waals surface area contributed by atoms with E-state index in [0.717, 1.165) is 103 Å². The van der Waals surface area contributed by atoms with Crippen molar-refractivity contribution in [2.24, 2.45) is 0 Å². The molecule has 0 aromatic rings. The van der Waals surface area contributed by atoms with Crippen molar-refractivity contribution in [2.45, 2.75) is 258 Å². The van der Waals surface area contributed by atoms with Crippen LogP contribution in [0.3, 0.4) is 0 Å². The Kier molecular flexibility index (Phi) is 56.4. The fourth-order valence-electron chi connectivity index (χ4n) is 7.68. The molecule has 0 fully saturated rings. The predicted molar refractivity (Wildman–Crippen MR) is 316 cm³/mol. The van der Waals surface area contributed by atoms with Gasteiger partial charge < -0.3 is 14.2 Å². The Morgan fingerprint density at radius 3 is 0.973 bits per heavy atom. The molecule has 0 amide bonds. The lowest BCUT2D eigenvalue weighted by molar-refractivity contribution is -0.166. The average Bonchev–Trinajstić information content (AvgIpc) is 3.39. The molecule has 6 heteroatoms. The largest absolute Gasteiger partial charge is 0.462 e. The topological polar surface area (TPSA) is 78.9 Å². The van der Waals surface area contributed by atoms with Crippen LogP contribution in [0.4, 0.5) is 0 Å². The van der Waals surface area contributed by atoms with E-state index < -0.39 is 6.10 Å². The van der Waals surface area contributed by atoms with Gasteiger partial charge in [-0.05, 0) is 128 Å². The van der Waals surface area contributed by atoms with E-state index >= 15 is 0 Å². The highest BCUT2D eigenvalue weighted by molar-refractivity contribution is 5.71. The summed E-state index contributed by atoms with van der Waals surface area (Å²) in [6, 6.07) is 0. The maximum atomic E-state index is 12.9. The van der Waals surface area contributed by atoms with Crippen molar-refractivity contribution in [3.8, 4) is 0 Å². The lowest BCUT2D eigenvalue weighted by atomic mass is 10.1. The Labute approximate surface area is 449 Å². The van der Waals surface area contributed by atoms with Gasteiger partial charge in [-0.25, -0.2) is 0 Å². The Bertz CT molecular complexity index is 1580. The second-order valence-corrected chi connectivity index (χ2v) is 19.2. The summed E-state index contributed by atoms with van der Waals surface area (Å²) in [6.45, 7) is 6.40. The highest BCUT2D eigenvalue weighted by Gasteiger charge is 2.19. The number of carbonyl (C=O) groups excluding carboxylic acids is 3. The highest BCUT2D eigenvalue weighted by Crippen LogP contribution is 2.13. The van der Waals surface area contributed by atoms with Gasteiger partial charge in [0.1, 0.15) is 13.2 Å². The molecular formula is C67H108O6. The Balaban J connectivity index is 4.58. The Morgan fingerprint density at radius 1 is 0.288 bits per heavy atom. The number of esters is 3. The molecule has 0 bridgehead atoms. The van der Waals surface area contributed by atoms with E-state index in [-0.39, 0.29) is 37.5 Å². The molecule has 0 spiro atoms. The molecule has 412 valence electrons. The fraction of sp³-hybridized carbons (Fsp3) is 0.627. The molecule has 0 aliphatic heterocycles. The van der Waals surface area contributed by atoms with Gasteiger partial charge in [0.05, 0.1) is 0 Å². The first-order valence-electron chi connectivity index (χ1n) is 29.7. The summed E-state index contributed by atoms with van der Waals surface area (Å²) >= 11 is 0. The van der Waals surface area contributed by atoms with Crippen molar-refractivity contribution in [1.82, 2.24) is 0 Å². The number of unbranched alkanes of at least 4 members (excludes halogenated alkanes) is 19. The van der Waals surface area contributed by atoms with E-state index in [2.05, 4.69) is 148 Å². The van der Waals surface area contributed by atoms with Crippen LogP contribution >= 0.6 is 0 Å².